The maximum absolute atomic E-state index is 13.3. The molecule has 2 fully saturated rings. The van der Waals surface area contributed by atoms with Gasteiger partial charge >= 0.3 is 0 Å². The van der Waals surface area contributed by atoms with Crippen LogP contribution in [0, 0.1) is 11.3 Å². The Bertz CT molecular complexity index is 774. The van der Waals surface area contributed by atoms with Crippen LogP contribution >= 0.6 is 11.3 Å². The Hall–Kier alpha value is -1.65. The number of nitrogens with one attached hydrogen (secondary N) is 1. The molecule has 1 aromatic carbocycles. The SMILES string of the molecule is CCCNC(=O)C1(Cc2ccccc2-c2cccs2)CCN(CC2CC2)CC1. The van der Waals surface area contributed by atoms with Gasteiger partial charge in [0.05, 0.1) is 5.41 Å². The molecular weight excluding hydrogens is 364 g/mol. The van der Waals surface area contributed by atoms with Crippen LogP contribution < -0.4 is 5.32 Å². The van der Waals surface area contributed by atoms with Crippen LogP contribution in [0.5, 0.6) is 0 Å². The molecule has 1 N–H and O–H groups in total. The predicted octanol–water partition coefficient (Wildman–Crippen LogP) is 4.98. The van der Waals surface area contributed by atoms with Gasteiger partial charge in [0.1, 0.15) is 0 Å². The summed E-state index contributed by atoms with van der Waals surface area (Å²) in [5, 5.41) is 5.36. The lowest BCUT2D eigenvalue weighted by Crippen LogP contribution is -2.50. The number of benzene rings is 1. The van der Waals surface area contributed by atoms with E-state index in [2.05, 4.69) is 58.9 Å². The highest BCUT2D eigenvalue weighted by molar-refractivity contribution is 7.13. The van der Waals surface area contributed by atoms with Crippen LogP contribution in [-0.4, -0.2) is 37.0 Å². The number of likely N-dealkylation sites (tertiary alicyclic amines) is 1. The van der Waals surface area contributed by atoms with Gasteiger partial charge < -0.3 is 10.2 Å². The number of rotatable bonds is 8. The second-order valence-electron chi connectivity index (χ2n) is 8.59. The zero-order valence-electron chi connectivity index (χ0n) is 17.0. The van der Waals surface area contributed by atoms with Crippen LogP contribution in [-0.2, 0) is 11.2 Å². The van der Waals surface area contributed by atoms with Crippen molar-refractivity contribution in [2.75, 3.05) is 26.2 Å². The summed E-state index contributed by atoms with van der Waals surface area (Å²) < 4.78 is 0. The molecule has 1 aliphatic heterocycles. The fraction of sp³-hybridized carbons (Fsp3) is 0.542. The summed E-state index contributed by atoms with van der Waals surface area (Å²) in [6, 6.07) is 13.0. The standard InChI is InChI=1S/C24H32N2OS/c1-2-13-25-23(27)24(11-14-26(15-12-24)18-19-9-10-19)17-20-6-3-4-7-21(20)22-8-5-16-28-22/h3-8,16,19H,2,9-15,17-18H2,1H3,(H,25,27). The second-order valence-corrected chi connectivity index (χ2v) is 9.54. The van der Waals surface area contributed by atoms with Crippen LogP contribution in [0.3, 0.4) is 0 Å². The maximum atomic E-state index is 13.3. The van der Waals surface area contributed by atoms with E-state index >= 15 is 0 Å². The van der Waals surface area contributed by atoms with Gasteiger partial charge in [-0.3, -0.25) is 4.79 Å². The van der Waals surface area contributed by atoms with E-state index in [9.17, 15) is 4.79 Å². The molecule has 1 amide bonds. The average molecular weight is 397 g/mol. The zero-order chi connectivity index (χ0) is 19.4. The molecule has 0 spiro atoms. The van der Waals surface area contributed by atoms with Gasteiger partial charge in [0.15, 0.2) is 0 Å². The van der Waals surface area contributed by atoms with Gasteiger partial charge in [-0.05, 0) is 80.1 Å². The van der Waals surface area contributed by atoms with Gasteiger partial charge in [-0.2, -0.15) is 0 Å². The first kappa shape index (κ1) is 19.7. The van der Waals surface area contributed by atoms with Crippen molar-refractivity contribution in [3.63, 3.8) is 0 Å². The molecule has 0 unspecified atom stereocenters. The first-order valence-electron chi connectivity index (χ1n) is 10.8. The van der Waals surface area contributed by atoms with Crippen molar-refractivity contribution < 1.29 is 4.79 Å². The molecule has 4 rings (SSSR count). The van der Waals surface area contributed by atoms with Crippen molar-refractivity contribution in [1.29, 1.82) is 0 Å². The summed E-state index contributed by atoms with van der Waals surface area (Å²) in [6.07, 6.45) is 6.55. The minimum atomic E-state index is -0.275. The number of hydrogen-bond acceptors (Lipinski definition) is 3. The average Bonchev–Trinajstić information content (AvgIpc) is 3.37. The first-order valence-corrected chi connectivity index (χ1v) is 11.7. The monoisotopic (exact) mass is 396 g/mol. The third-order valence-corrected chi connectivity index (χ3v) is 7.28. The molecular formula is C24H32N2OS. The summed E-state index contributed by atoms with van der Waals surface area (Å²) >= 11 is 1.78. The summed E-state index contributed by atoms with van der Waals surface area (Å²) in [5.74, 6) is 1.18. The Morgan fingerprint density at radius 1 is 1.18 bits per heavy atom. The lowest BCUT2D eigenvalue weighted by molar-refractivity contribution is -0.134. The van der Waals surface area contributed by atoms with Crippen molar-refractivity contribution in [1.82, 2.24) is 10.2 Å². The summed E-state index contributed by atoms with van der Waals surface area (Å²) in [5.41, 5.74) is 2.33. The molecule has 28 heavy (non-hydrogen) atoms. The van der Waals surface area contributed by atoms with Crippen molar-refractivity contribution >= 4 is 17.2 Å². The molecule has 1 aliphatic carbocycles. The lowest BCUT2D eigenvalue weighted by Gasteiger charge is -2.41. The number of thiophene rings is 1. The molecule has 3 nitrogen and oxygen atoms in total. The molecule has 0 radical (unpaired) electrons. The molecule has 2 aromatic rings. The van der Waals surface area contributed by atoms with Crippen molar-refractivity contribution in [2.45, 2.75) is 45.4 Å². The smallest absolute Gasteiger partial charge is 0.226 e. The zero-order valence-corrected chi connectivity index (χ0v) is 17.8. The minimum absolute atomic E-state index is 0.265. The van der Waals surface area contributed by atoms with Gasteiger partial charge in [0, 0.05) is 18.0 Å². The topological polar surface area (TPSA) is 32.3 Å². The van der Waals surface area contributed by atoms with E-state index in [-0.39, 0.29) is 11.3 Å². The van der Waals surface area contributed by atoms with Crippen LogP contribution in [0.4, 0.5) is 0 Å². The van der Waals surface area contributed by atoms with Gasteiger partial charge in [0.25, 0.3) is 0 Å². The highest BCUT2D eigenvalue weighted by atomic mass is 32.1. The van der Waals surface area contributed by atoms with Crippen LogP contribution in [0.15, 0.2) is 41.8 Å². The Morgan fingerprint density at radius 2 is 1.96 bits per heavy atom. The lowest BCUT2D eigenvalue weighted by atomic mass is 9.72. The van der Waals surface area contributed by atoms with Gasteiger partial charge in [0.2, 0.25) is 5.91 Å². The van der Waals surface area contributed by atoms with Gasteiger partial charge in [-0.25, -0.2) is 0 Å². The van der Waals surface area contributed by atoms with Crippen molar-refractivity contribution in [3.05, 3.63) is 47.3 Å². The maximum Gasteiger partial charge on any atom is 0.226 e. The fourth-order valence-corrected chi connectivity index (χ4v) is 5.24. The number of carbonyl (C=O) groups is 1. The third-order valence-electron chi connectivity index (χ3n) is 6.38. The molecule has 2 aliphatic rings. The largest absolute Gasteiger partial charge is 0.356 e. The van der Waals surface area contributed by atoms with Crippen molar-refractivity contribution in [2.24, 2.45) is 11.3 Å². The highest BCUT2D eigenvalue weighted by Crippen LogP contribution is 2.40. The molecule has 1 saturated heterocycles. The second kappa shape index (κ2) is 8.79. The number of carbonyl (C=O) groups excluding carboxylic acids is 1. The van der Waals surface area contributed by atoms with E-state index in [0.29, 0.717) is 0 Å². The van der Waals surface area contributed by atoms with Crippen LogP contribution in [0.25, 0.3) is 10.4 Å². The predicted molar refractivity (Wildman–Crippen MR) is 118 cm³/mol. The minimum Gasteiger partial charge on any atom is -0.356 e. The highest BCUT2D eigenvalue weighted by Gasteiger charge is 2.42. The molecule has 1 saturated carbocycles. The Kier molecular flexibility index (Phi) is 6.17. The number of amides is 1. The number of piperidine rings is 1. The van der Waals surface area contributed by atoms with E-state index in [4.69, 9.17) is 0 Å². The van der Waals surface area contributed by atoms with Crippen molar-refractivity contribution in [3.8, 4) is 10.4 Å². The first-order chi connectivity index (χ1) is 13.7. The van der Waals surface area contributed by atoms with Crippen LogP contribution in [0.2, 0.25) is 0 Å². The molecule has 0 atom stereocenters. The molecule has 150 valence electrons. The third kappa shape index (κ3) is 4.49. The Morgan fingerprint density at radius 3 is 2.64 bits per heavy atom. The Balaban J connectivity index is 1.55. The van der Waals surface area contributed by atoms with E-state index < -0.39 is 0 Å². The van der Waals surface area contributed by atoms with Crippen LogP contribution in [0.1, 0.15) is 44.6 Å². The van der Waals surface area contributed by atoms with E-state index in [0.717, 1.165) is 51.2 Å². The molecule has 0 bridgehead atoms. The summed E-state index contributed by atoms with van der Waals surface area (Å²) in [4.78, 5) is 17.2. The fourth-order valence-electron chi connectivity index (χ4n) is 4.45. The van der Waals surface area contributed by atoms with E-state index in [1.807, 2.05) is 0 Å². The van der Waals surface area contributed by atoms with E-state index in [1.54, 1.807) is 11.3 Å². The van der Waals surface area contributed by atoms with E-state index in [1.165, 1.54) is 35.4 Å². The number of nitrogens with zero attached hydrogens (tertiary/aromatic N) is 1. The summed E-state index contributed by atoms with van der Waals surface area (Å²) in [6.45, 7) is 6.24. The summed E-state index contributed by atoms with van der Waals surface area (Å²) in [7, 11) is 0. The quantitative estimate of drug-likeness (QED) is 0.683. The molecule has 1 aromatic heterocycles. The van der Waals surface area contributed by atoms with Gasteiger partial charge in [-0.15, -0.1) is 11.3 Å². The van der Waals surface area contributed by atoms with Gasteiger partial charge in [-0.1, -0.05) is 37.3 Å². The normalized spacial score (nSPS) is 19.5. The number of hydrogen-bond donors (Lipinski definition) is 1. The molecule has 4 heteroatoms. The Labute approximate surface area is 173 Å². The molecule has 2 heterocycles.